The van der Waals surface area contributed by atoms with Gasteiger partial charge in [-0.1, -0.05) is 13.8 Å². The average Bonchev–Trinajstić information content (AvgIpc) is 3.05. The lowest BCUT2D eigenvalue weighted by atomic mass is 10.1. The van der Waals surface area contributed by atoms with Crippen molar-refractivity contribution in [2.24, 2.45) is 11.8 Å². The Balaban J connectivity index is 1.94. The molecule has 7 nitrogen and oxygen atoms in total. The number of nitrogens with zero attached hydrogens (tertiary/aromatic N) is 3. The highest BCUT2D eigenvalue weighted by molar-refractivity contribution is 6.00. The van der Waals surface area contributed by atoms with Gasteiger partial charge in [0, 0.05) is 39.4 Å². The average molecular weight is 308 g/mol. The molecule has 0 aromatic carbocycles. The summed E-state index contributed by atoms with van der Waals surface area (Å²) in [6.45, 7) is 6.38. The third-order valence-corrected chi connectivity index (χ3v) is 3.58. The van der Waals surface area contributed by atoms with Crippen molar-refractivity contribution in [1.82, 2.24) is 15.1 Å². The zero-order valence-corrected chi connectivity index (χ0v) is 13.4. The van der Waals surface area contributed by atoms with Gasteiger partial charge in [0.1, 0.15) is 0 Å². The van der Waals surface area contributed by atoms with E-state index in [2.05, 4.69) is 24.3 Å². The highest BCUT2D eigenvalue weighted by Gasteiger charge is 2.35. The molecule has 0 radical (unpaired) electrons. The van der Waals surface area contributed by atoms with Gasteiger partial charge in [-0.05, 0) is 5.92 Å². The van der Waals surface area contributed by atoms with Gasteiger partial charge in [-0.2, -0.15) is 5.10 Å². The van der Waals surface area contributed by atoms with E-state index in [9.17, 15) is 9.59 Å². The summed E-state index contributed by atoms with van der Waals surface area (Å²) >= 11 is 0. The van der Waals surface area contributed by atoms with E-state index in [0.717, 1.165) is 12.2 Å². The number of carbonyl (C=O) groups excluding carboxylic acids is 2. The van der Waals surface area contributed by atoms with E-state index >= 15 is 0 Å². The lowest BCUT2D eigenvalue weighted by Crippen LogP contribution is -2.34. The van der Waals surface area contributed by atoms with Crippen molar-refractivity contribution in [3.63, 3.8) is 0 Å². The Hall–Kier alpha value is -1.89. The van der Waals surface area contributed by atoms with E-state index in [1.165, 1.54) is 0 Å². The first kappa shape index (κ1) is 16.5. The summed E-state index contributed by atoms with van der Waals surface area (Å²) in [6.07, 6.45) is 3.79. The van der Waals surface area contributed by atoms with Crippen molar-refractivity contribution >= 4 is 17.5 Å². The van der Waals surface area contributed by atoms with Crippen LogP contribution in [0.5, 0.6) is 0 Å². The largest absolute Gasteiger partial charge is 0.383 e. The number of hydrogen-bond acceptors (Lipinski definition) is 4. The van der Waals surface area contributed by atoms with Crippen LogP contribution < -0.4 is 10.2 Å². The van der Waals surface area contributed by atoms with E-state index in [0.29, 0.717) is 25.6 Å². The molecule has 1 aromatic heterocycles. The molecule has 0 aliphatic carbocycles. The summed E-state index contributed by atoms with van der Waals surface area (Å²) in [6, 6.07) is 0. The summed E-state index contributed by atoms with van der Waals surface area (Å²) in [5.41, 5.74) is 0.762. The van der Waals surface area contributed by atoms with E-state index < -0.39 is 0 Å². The molecule has 2 heterocycles. The highest BCUT2D eigenvalue weighted by atomic mass is 16.5. The lowest BCUT2D eigenvalue weighted by molar-refractivity contribution is -0.126. The van der Waals surface area contributed by atoms with Crippen LogP contribution in [0.2, 0.25) is 0 Å². The second-order valence-corrected chi connectivity index (χ2v) is 6.00. The molecule has 1 aromatic rings. The number of anilines is 1. The molecule has 1 saturated heterocycles. The molecule has 0 saturated carbocycles. The first-order valence-electron chi connectivity index (χ1n) is 7.60. The summed E-state index contributed by atoms with van der Waals surface area (Å²) in [4.78, 5) is 25.8. The minimum absolute atomic E-state index is 0.0315. The third-order valence-electron chi connectivity index (χ3n) is 3.58. The molecule has 2 rings (SSSR count). The maximum Gasteiger partial charge on any atom is 0.227 e. The standard InChI is InChI=1S/C15H24N4O3/c1-11(2)8-18-10-13(7-17-18)19-9-12(6-14(19)20)15(21)16-4-5-22-3/h7,10-12H,4-6,8-9H2,1-3H3,(H,16,21)/t12-/m1/s1. The Kier molecular flexibility index (Phi) is 5.54. The minimum Gasteiger partial charge on any atom is -0.383 e. The third kappa shape index (κ3) is 4.07. The quantitative estimate of drug-likeness (QED) is 0.751. The molecule has 0 spiro atoms. The number of hydrogen-bond donors (Lipinski definition) is 1. The zero-order valence-electron chi connectivity index (χ0n) is 13.4. The van der Waals surface area contributed by atoms with Crippen LogP contribution in [-0.4, -0.2) is 48.4 Å². The van der Waals surface area contributed by atoms with E-state index in [1.54, 1.807) is 18.2 Å². The molecule has 1 aliphatic rings. The number of ether oxygens (including phenoxy) is 1. The maximum atomic E-state index is 12.1. The number of nitrogens with one attached hydrogen (secondary N) is 1. The lowest BCUT2D eigenvalue weighted by Gasteiger charge is -2.14. The predicted molar refractivity (Wildman–Crippen MR) is 82.4 cm³/mol. The Labute approximate surface area is 130 Å². The second-order valence-electron chi connectivity index (χ2n) is 6.00. The first-order valence-corrected chi connectivity index (χ1v) is 7.60. The fourth-order valence-corrected chi connectivity index (χ4v) is 2.52. The highest BCUT2D eigenvalue weighted by Crippen LogP contribution is 2.24. The molecule has 1 atom stereocenters. The van der Waals surface area contributed by atoms with Gasteiger partial charge in [-0.3, -0.25) is 14.3 Å². The Bertz CT molecular complexity index is 527. The van der Waals surface area contributed by atoms with Crippen LogP contribution >= 0.6 is 0 Å². The molecule has 7 heteroatoms. The zero-order chi connectivity index (χ0) is 16.1. The fourth-order valence-electron chi connectivity index (χ4n) is 2.52. The molecule has 0 unspecified atom stereocenters. The van der Waals surface area contributed by atoms with Crippen molar-refractivity contribution in [2.45, 2.75) is 26.8 Å². The van der Waals surface area contributed by atoms with Crippen LogP contribution in [0.3, 0.4) is 0 Å². The molecule has 122 valence electrons. The number of amides is 2. The number of methoxy groups -OCH3 is 1. The van der Waals surface area contributed by atoms with Crippen molar-refractivity contribution in [2.75, 3.05) is 31.7 Å². The van der Waals surface area contributed by atoms with Gasteiger partial charge in [0.2, 0.25) is 11.8 Å². The van der Waals surface area contributed by atoms with Gasteiger partial charge in [0.25, 0.3) is 0 Å². The van der Waals surface area contributed by atoms with E-state index in [-0.39, 0.29) is 24.2 Å². The Morgan fingerprint density at radius 2 is 2.32 bits per heavy atom. The monoisotopic (exact) mass is 308 g/mol. The molecule has 1 aliphatic heterocycles. The maximum absolute atomic E-state index is 12.1. The van der Waals surface area contributed by atoms with Gasteiger partial charge in [-0.15, -0.1) is 0 Å². The van der Waals surface area contributed by atoms with E-state index in [4.69, 9.17) is 4.74 Å². The van der Waals surface area contributed by atoms with Crippen LogP contribution in [-0.2, 0) is 20.9 Å². The van der Waals surface area contributed by atoms with Crippen LogP contribution in [0.25, 0.3) is 0 Å². The van der Waals surface area contributed by atoms with Crippen LogP contribution in [0.4, 0.5) is 5.69 Å². The Morgan fingerprint density at radius 1 is 1.55 bits per heavy atom. The summed E-state index contributed by atoms with van der Waals surface area (Å²) in [5.74, 6) is 0.0533. The van der Waals surface area contributed by atoms with Gasteiger partial charge in [0.15, 0.2) is 0 Å². The van der Waals surface area contributed by atoms with Gasteiger partial charge >= 0.3 is 0 Å². The molecule has 1 fully saturated rings. The number of aromatic nitrogens is 2. The van der Waals surface area contributed by atoms with Crippen LogP contribution in [0, 0.1) is 11.8 Å². The van der Waals surface area contributed by atoms with Gasteiger partial charge in [-0.25, -0.2) is 0 Å². The van der Waals surface area contributed by atoms with Gasteiger partial charge < -0.3 is 15.0 Å². The molecular formula is C15H24N4O3. The first-order chi connectivity index (χ1) is 10.5. The minimum atomic E-state index is -0.308. The predicted octanol–water partition coefficient (Wildman–Crippen LogP) is 0.655. The number of carbonyl (C=O) groups is 2. The molecule has 2 amide bonds. The molecule has 22 heavy (non-hydrogen) atoms. The second kappa shape index (κ2) is 7.40. The van der Waals surface area contributed by atoms with Crippen LogP contribution in [0.1, 0.15) is 20.3 Å². The SMILES string of the molecule is COCCNC(=O)[C@@H]1CC(=O)N(c2cnn(CC(C)C)c2)C1. The van der Waals surface area contributed by atoms with E-state index in [1.807, 2.05) is 10.9 Å². The summed E-state index contributed by atoms with van der Waals surface area (Å²) in [7, 11) is 1.59. The van der Waals surface area contributed by atoms with Crippen molar-refractivity contribution in [3.8, 4) is 0 Å². The smallest absolute Gasteiger partial charge is 0.227 e. The topological polar surface area (TPSA) is 76.5 Å². The van der Waals surface area contributed by atoms with Gasteiger partial charge in [0.05, 0.1) is 24.4 Å². The Morgan fingerprint density at radius 3 is 3.00 bits per heavy atom. The van der Waals surface area contributed by atoms with Crippen molar-refractivity contribution < 1.29 is 14.3 Å². The molecule has 0 bridgehead atoms. The van der Waals surface area contributed by atoms with Crippen molar-refractivity contribution in [3.05, 3.63) is 12.4 Å². The summed E-state index contributed by atoms with van der Waals surface area (Å²) in [5, 5.41) is 7.06. The normalized spacial score (nSPS) is 18.3. The number of rotatable bonds is 7. The summed E-state index contributed by atoms with van der Waals surface area (Å²) < 4.78 is 6.73. The molecular weight excluding hydrogens is 284 g/mol. The fraction of sp³-hybridized carbons (Fsp3) is 0.667. The van der Waals surface area contributed by atoms with Crippen LogP contribution in [0.15, 0.2) is 12.4 Å². The van der Waals surface area contributed by atoms with Crippen molar-refractivity contribution in [1.29, 1.82) is 0 Å². The molecule has 1 N–H and O–H groups in total.